The van der Waals surface area contributed by atoms with Gasteiger partial charge in [-0.1, -0.05) is 26.0 Å². The van der Waals surface area contributed by atoms with Crippen LogP contribution in [0.4, 0.5) is 5.69 Å². The molecule has 3 rings (SSSR count). The third-order valence-electron chi connectivity index (χ3n) is 7.03. The molecule has 0 aromatic heterocycles. The molecule has 1 aromatic rings. The summed E-state index contributed by atoms with van der Waals surface area (Å²) in [4.78, 5) is 25.9. The molecular formula is C24H40N4O2S. The van der Waals surface area contributed by atoms with Crippen LogP contribution < -0.4 is 16.8 Å². The first-order chi connectivity index (χ1) is 14.6. The second-order valence-electron chi connectivity index (χ2n) is 9.94. The van der Waals surface area contributed by atoms with Gasteiger partial charge in [-0.2, -0.15) is 0 Å². The number of nitrogen functional groups attached to an aromatic ring is 1. The first kappa shape index (κ1) is 25.7. The van der Waals surface area contributed by atoms with Gasteiger partial charge < -0.3 is 21.6 Å². The van der Waals surface area contributed by atoms with Crippen LogP contribution >= 0.6 is 11.9 Å². The maximum atomic E-state index is 13.3. The van der Waals surface area contributed by atoms with Gasteiger partial charge in [0.15, 0.2) is 0 Å². The molecule has 5 unspecified atom stereocenters. The third-order valence-corrected chi connectivity index (χ3v) is 8.32. The molecule has 2 fully saturated rings. The van der Waals surface area contributed by atoms with Crippen molar-refractivity contribution in [1.82, 2.24) is 9.62 Å². The monoisotopic (exact) mass is 448 g/mol. The summed E-state index contributed by atoms with van der Waals surface area (Å²) in [6.07, 6.45) is 5.19. The van der Waals surface area contributed by atoms with Gasteiger partial charge in [0.2, 0.25) is 5.91 Å². The Labute approximate surface area is 192 Å². The minimum absolute atomic E-state index is 0.0238. The van der Waals surface area contributed by atoms with Crippen LogP contribution in [0, 0.1) is 23.2 Å². The topological polar surface area (TPSA) is 101 Å². The smallest absolute Gasteiger partial charge is 0.241 e. The summed E-state index contributed by atoms with van der Waals surface area (Å²) in [5, 5.41) is 3.37. The number of hydrogen-bond acceptors (Lipinski definition) is 6. The summed E-state index contributed by atoms with van der Waals surface area (Å²) in [7, 11) is 3.43. The van der Waals surface area contributed by atoms with Gasteiger partial charge >= 0.3 is 0 Å². The van der Waals surface area contributed by atoms with Gasteiger partial charge in [0, 0.05) is 22.0 Å². The molecule has 5 atom stereocenters. The lowest BCUT2D eigenvalue weighted by Gasteiger charge is -2.50. The highest BCUT2D eigenvalue weighted by Gasteiger charge is 2.47. The number of hydrogen-bond donors (Lipinski definition) is 3. The SMILES string of the molecule is CC1CC2CC(CC(C)(C=O)C2)C1NC(=O)C(C)(C)N(C)Sc1ccccc1N.CN. The fraction of sp³-hybridized carbons (Fsp3) is 0.667. The number of aldehydes is 1. The van der Waals surface area contributed by atoms with Crippen molar-refractivity contribution in [3.05, 3.63) is 24.3 Å². The number of carbonyl (C=O) groups excluding carboxylic acids is 2. The van der Waals surface area contributed by atoms with E-state index in [1.165, 1.54) is 19.0 Å². The molecule has 0 heterocycles. The van der Waals surface area contributed by atoms with E-state index in [0.29, 0.717) is 23.4 Å². The first-order valence-electron chi connectivity index (χ1n) is 11.2. The van der Waals surface area contributed by atoms with Gasteiger partial charge in [0.1, 0.15) is 11.8 Å². The molecule has 7 heteroatoms. The number of amides is 1. The lowest BCUT2D eigenvalue weighted by molar-refractivity contribution is -0.131. The number of rotatable bonds is 6. The van der Waals surface area contributed by atoms with Crippen molar-refractivity contribution in [2.75, 3.05) is 19.8 Å². The number of nitrogens with two attached hydrogens (primary N) is 2. The molecule has 1 aromatic carbocycles. The van der Waals surface area contributed by atoms with Gasteiger partial charge in [-0.3, -0.25) is 4.79 Å². The van der Waals surface area contributed by atoms with E-state index in [9.17, 15) is 9.59 Å². The zero-order chi connectivity index (χ0) is 23.4. The van der Waals surface area contributed by atoms with E-state index in [4.69, 9.17) is 5.73 Å². The van der Waals surface area contributed by atoms with Gasteiger partial charge in [-0.15, -0.1) is 0 Å². The van der Waals surface area contributed by atoms with Crippen LogP contribution in [0.5, 0.6) is 0 Å². The number of fused-ring (bicyclic) bond motifs is 2. The predicted octanol–water partition coefficient (Wildman–Crippen LogP) is 3.71. The molecule has 5 N–H and O–H groups in total. The maximum absolute atomic E-state index is 13.3. The van der Waals surface area contributed by atoms with Crippen molar-refractivity contribution in [1.29, 1.82) is 0 Å². The number of anilines is 1. The Bertz CT molecular complexity index is 770. The van der Waals surface area contributed by atoms with Crippen molar-refractivity contribution in [3.63, 3.8) is 0 Å². The van der Waals surface area contributed by atoms with E-state index in [0.717, 1.165) is 36.9 Å². The van der Waals surface area contributed by atoms with Crippen LogP contribution in [0.25, 0.3) is 0 Å². The number of likely N-dealkylation sites (N-methyl/N-ethyl adjacent to an activating group) is 1. The van der Waals surface area contributed by atoms with Gasteiger partial charge in [-0.25, -0.2) is 4.31 Å². The van der Waals surface area contributed by atoms with Crippen molar-refractivity contribution >= 4 is 29.8 Å². The van der Waals surface area contributed by atoms with Crippen molar-refractivity contribution in [3.8, 4) is 0 Å². The van der Waals surface area contributed by atoms with E-state index in [1.54, 1.807) is 0 Å². The molecule has 6 nitrogen and oxygen atoms in total. The van der Waals surface area contributed by atoms with Gasteiger partial charge in [0.05, 0.1) is 0 Å². The number of para-hydroxylation sites is 1. The zero-order valence-electron chi connectivity index (χ0n) is 19.9. The fourth-order valence-corrected chi connectivity index (χ4v) is 6.10. The molecule has 174 valence electrons. The second-order valence-corrected chi connectivity index (χ2v) is 11.1. The van der Waals surface area contributed by atoms with Crippen molar-refractivity contribution in [2.45, 2.75) is 69.9 Å². The van der Waals surface area contributed by atoms with Crippen molar-refractivity contribution < 1.29 is 9.59 Å². The van der Waals surface area contributed by atoms with E-state index in [-0.39, 0.29) is 17.4 Å². The van der Waals surface area contributed by atoms with Crippen LogP contribution in [-0.2, 0) is 9.59 Å². The van der Waals surface area contributed by atoms with Gasteiger partial charge in [0.25, 0.3) is 0 Å². The molecule has 0 spiro atoms. The second kappa shape index (κ2) is 10.4. The molecule has 2 aliphatic carbocycles. The van der Waals surface area contributed by atoms with Crippen LogP contribution in [-0.4, -0.2) is 42.2 Å². The Morgan fingerprint density at radius 3 is 2.52 bits per heavy atom. The molecule has 2 bridgehead atoms. The maximum Gasteiger partial charge on any atom is 0.241 e. The first-order valence-corrected chi connectivity index (χ1v) is 11.9. The van der Waals surface area contributed by atoms with E-state index >= 15 is 0 Å². The van der Waals surface area contributed by atoms with Gasteiger partial charge in [-0.05, 0) is 95.5 Å². The minimum Gasteiger partial charge on any atom is -0.398 e. The molecule has 31 heavy (non-hydrogen) atoms. The Balaban J connectivity index is 0.00000166. The molecular weight excluding hydrogens is 408 g/mol. The standard InChI is InChI=1S/C23H35N3O2S.CH5N/c1-15-10-16-11-17(13-23(4,12-16)14-27)20(15)25-21(28)22(2,3)26(5)29-19-9-7-6-8-18(19)24;1-2/h6-9,14-17,20H,10-13,24H2,1-5H3,(H,25,28);2H2,1H3. The largest absolute Gasteiger partial charge is 0.398 e. The van der Waals surface area contributed by atoms with E-state index < -0.39 is 5.54 Å². The Morgan fingerprint density at radius 1 is 1.26 bits per heavy atom. The Morgan fingerprint density at radius 2 is 1.90 bits per heavy atom. The molecule has 0 radical (unpaired) electrons. The molecule has 2 saturated carbocycles. The van der Waals surface area contributed by atoms with Crippen LogP contribution in [0.3, 0.4) is 0 Å². The summed E-state index contributed by atoms with van der Waals surface area (Å²) in [6, 6.07) is 7.82. The third kappa shape index (κ3) is 5.82. The summed E-state index contributed by atoms with van der Waals surface area (Å²) in [5.74, 6) is 1.42. The highest BCUT2D eigenvalue weighted by molar-refractivity contribution is 7.97. The van der Waals surface area contributed by atoms with Crippen LogP contribution in [0.1, 0.15) is 53.4 Å². The average Bonchev–Trinajstić information content (AvgIpc) is 2.73. The Hall–Kier alpha value is -1.57. The zero-order valence-corrected chi connectivity index (χ0v) is 20.7. The quantitative estimate of drug-likeness (QED) is 0.348. The highest BCUT2D eigenvalue weighted by atomic mass is 32.2. The summed E-state index contributed by atoms with van der Waals surface area (Å²) in [5.41, 5.74) is 10.3. The molecule has 0 aliphatic heterocycles. The van der Waals surface area contributed by atoms with Crippen LogP contribution in [0.15, 0.2) is 29.2 Å². The van der Waals surface area contributed by atoms with Crippen molar-refractivity contribution in [2.24, 2.45) is 28.9 Å². The summed E-state index contributed by atoms with van der Waals surface area (Å²) < 4.78 is 1.97. The Kier molecular flexibility index (Phi) is 8.59. The average molecular weight is 449 g/mol. The molecule has 1 amide bonds. The number of benzene rings is 1. The molecule has 2 aliphatic rings. The summed E-state index contributed by atoms with van der Waals surface area (Å²) >= 11 is 1.49. The normalized spacial score (nSPS) is 30.2. The summed E-state index contributed by atoms with van der Waals surface area (Å²) in [6.45, 7) is 8.21. The minimum atomic E-state index is -0.702. The van der Waals surface area contributed by atoms with E-state index in [1.807, 2.05) is 49.5 Å². The van der Waals surface area contributed by atoms with Crippen LogP contribution in [0.2, 0.25) is 0 Å². The number of carbonyl (C=O) groups is 2. The highest BCUT2D eigenvalue weighted by Crippen LogP contribution is 2.49. The molecule has 0 saturated heterocycles. The predicted molar refractivity (Wildman–Crippen MR) is 129 cm³/mol. The number of nitrogens with one attached hydrogen (secondary N) is 1. The number of nitrogens with zero attached hydrogens (tertiary/aromatic N) is 1. The fourth-order valence-electron chi connectivity index (χ4n) is 5.18. The lowest BCUT2D eigenvalue weighted by atomic mass is 9.58. The lowest BCUT2D eigenvalue weighted by Crippen LogP contribution is -2.59. The van der Waals surface area contributed by atoms with E-state index in [2.05, 4.69) is 24.9 Å².